The van der Waals surface area contributed by atoms with Gasteiger partial charge in [0.05, 0.1) is 27.0 Å². The van der Waals surface area contributed by atoms with Crippen molar-refractivity contribution in [3.8, 4) is 23.0 Å². The number of carbonyl (C=O) groups is 1. The molecule has 0 bridgehead atoms. The van der Waals surface area contributed by atoms with Crippen molar-refractivity contribution in [2.45, 2.75) is 0 Å². The number of phenolic OH excluding ortho intramolecular Hbond substituents is 1. The number of amides is 1. The largest absolute Gasteiger partial charge is 0.506 e. The number of carbonyl (C=O) groups excluding carboxylic acids is 1. The molecule has 0 aromatic heterocycles. The molecule has 0 aliphatic heterocycles. The highest BCUT2D eigenvalue weighted by molar-refractivity contribution is 6.30. The van der Waals surface area contributed by atoms with Gasteiger partial charge in [-0.15, -0.1) is 0 Å². The minimum absolute atomic E-state index is 0.0341. The fourth-order valence-corrected chi connectivity index (χ4v) is 3.19. The summed E-state index contributed by atoms with van der Waals surface area (Å²) in [5.41, 5.74) is 2.74. The van der Waals surface area contributed by atoms with Gasteiger partial charge in [-0.25, -0.2) is 0 Å². The number of methoxy groups -OCH3 is 3. The molecule has 0 saturated heterocycles. The highest BCUT2D eigenvalue weighted by atomic mass is 35.5. The molecule has 3 aromatic rings. The van der Waals surface area contributed by atoms with Crippen LogP contribution in [0.5, 0.6) is 23.0 Å². The van der Waals surface area contributed by atoms with Crippen LogP contribution in [0.1, 0.15) is 16.7 Å². The average molecular weight is 466 g/mol. The normalized spacial score (nSPS) is 11.0. The topological polar surface area (TPSA) is 77.0 Å². The van der Waals surface area contributed by atoms with E-state index in [1.54, 1.807) is 63.8 Å². The van der Waals surface area contributed by atoms with Gasteiger partial charge >= 0.3 is 0 Å². The first kappa shape index (κ1) is 23.8. The van der Waals surface area contributed by atoms with Gasteiger partial charge in [-0.1, -0.05) is 42.0 Å². The quantitative estimate of drug-likeness (QED) is 0.246. The Kier molecular flexibility index (Phi) is 8.00. The number of hydrogen-bond donors (Lipinski definition) is 2. The third-order valence-electron chi connectivity index (χ3n) is 4.73. The van der Waals surface area contributed by atoms with Crippen LogP contribution in [0.4, 0.5) is 5.69 Å². The fraction of sp³-hybridized carbons (Fsp3) is 0.115. The number of rotatable bonds is 8. The van der Waals surface area contributed by atoms with Crippen LogP contribution in [-0.4, -0.2) is 32.3 Å². The zero-order chi connectivity index (χ0) is 23.8. The molecule has 0 aliphatic carbocycles. The van der Waals surface area contributed by atoms with Crippen LogP contribution < -0.4 is 19.5 Å². The van der Waals surface area contributed by atoms with Crippen molar-refractivity contribution in [3.05, 3.63) is 82.4 Å². The summed E-state index contributed by atoms with van der Waals surface area (Å²) < 4.78 is 16.1. The lowest BCUT2D eigenvalue weighted by Crippen LogP contribution is -2.08. The van der Waals surface area contributed by atoms with E-state index in [4.69, 9.17) is 25.8 Å². The number of nitrogens with one attached hydrogen (secondary N) is 1. The number of phenols is 1. The molecule has 33 heavy (non-hydrogen) atoms. The molecule has 0 unspecified atom stereocenters. The van der Waals surface area contributed by atoms with Crippen molar-refractivity contribution in [2.24, 2.45) is 0 Å². The van der Waals surface area contributed by atoms with Gasteiger partial charge in [0.25, 0.3) is 0 Å². The predicted octanol–water partition coefficient (Wildman–Crippen LogP) is 5.89. The third kappa shape index (κ3) is 6.30. The Hall–Kier alpha value is -3.90. The van der Waals surface area contributed by atoms with Gasteiger partial charge in [-0.2, -0.15) is 0 Å². The second kappa shape index (κ2) is 11.1. The number of hydrogen-bond acceptors (Lipinski definition) is 5. The number of aromatic hydroxyl groups is 1. The first-order chi connectivity index (χ1) is 15.9. The molecule has 0 saturated carbocycles. The van der Waals surface area contributed by atoms with Crippen LogP contribution in [0.15, 0.2) is 60.7 Å². The van der Waals surface area contributed by atoms with Gasteiger partial charge in [0, 0.05) is 11.1 Å². The second-order valence-electron chi connectivity index (χ2n) is 6.94. The second-order valence-corrected chi connectivity index (χ2v) is 7.38. The van der Waals surface area contributed by atoms with Crippen LogP contribution in [0, 0.1) is 0 Å². The SMILES string of the molecule is COc1cc(/C=C/c2ccc(O)c(NC(=O)/C=C/c3ccc(Cl)cc3)c2)cc(OC)c1OC. The fourth-order valence-electron chi connectivity index (χ4n) is 3.07. The van der Waals surface area contributed by atoms with Crippen molar-refractivity contribution < 1.29 is 24.1 Å². The van der Waals surface area contributed by atoms with Gasteiger partial charge in [0.2, 0.25) is 11.7 Å². The van der Waals surface area contributed by atoms with Gasteiger partial charge in [-0.3, -0.25) is 4.79 Å². The van der Waals surface area contributed by atoms with Crippen LogP contribution >= 0.6 is 11.6 Å². The molecule has 0 spiro atoms. The lowest BCUT2D eigenvalue weighted by molar-refractivity contribution is -0.111. The molecule has 0 atom stereocenters. The summed E-state index contributed by atoms with van der Waals surface area (Å²) in [4.78, 5) is 12.3. The van der Waals surface area contributed by atoms with Crippen molar-refractivity contribution in [1.29, 1.82) is 0 Å². The lowest BCUT2D eigenvalue weighted by Gasteiger charge is -2.12. The van der Waals surface area contributed by atoms with Crippen LogP contribution in [0.2, 0.25) is 5.02 Å². The molecule has 7 heteroatoms. The first-order valence-electron chi connectivity index (χ1n) is 9.99. The molecular formula is C26H24ClNO5. The Morgan fingerprint density at radius 1 is 0.818 bits per heavy atom. The molecule has 0 heterocycles. The first-order valence-corrected chi connectivity index (χ1v) is 10.4. The molecule has 3 aromatic carbocycles. The smallest absolute Gasteiger partial charge is 0.248 e. The van der Waals surface area contributed by atoms with Gasteiger partial charge in [0.15, 0.2) is 11.5 Å². The Labute approximate surface area is 197 Å². The highest BCUT2D eigenvalue weighted by Gasteiger charge is 2.12. The van der Waals surface area contributed by atoms with E-state index < -0.39 is 0 Å². The highest BCUT2D eigenvalue weighted by Crippen LogP contribution is 2.38. The predicted molar refractivity (Wildman–Crippen MR) is 132 cm³/mol. The molecule has 3 rings (SSSR count). The lowest BCUT2D eigenvalue weighted by atomic mass is 10.1. The van der Waals surface area contributed by atoms with E-state index in [1.807, 2.05) is 24.3 Å². The minimum Gasteiger partial charge on any atom is -0.506 e. The van der Waals surface area contributed by atoms with E-state index in [2.05, 4.69) is 5.32 Å². The van der Waals surface area contributed by atoms with Gasteiger partial charge in [-0.05, 0) is 59.2 Å². The maximum absolute atomic E-state index is 12.3. The van der Waals surface area contributed by atoms with Crippen LogP contribution in [-0.2, 0) is 4.79 Å². The summed E-state index contributed by atoms with van der Waals surface area (Å²) in [6, 6.07) is 15.7. The average Bonchev–Trinajstić information content (AvgIpc) is 2.83. The molecule has 2 N–H and O–H groups in total. The standard InChI is InChI=1S/C26H24ClNO5/c1-31-23-15-19(16-24(32-2)26(23)33-3)5-4-18-8-12-22(29)21(14-18)28-25(30)13-9-17-6-10-20(27)11-7-17/h4-16,29H,1-3H3,(H,28,30)/b5-4+,13-9+. The van der Waals surface area contributed by atoms with E-state index in [0.29, 0.717) is 28.0 Å². The molecule has 170 valence electrons. The Morgan fingerprint density at radius 2 is 1.42 bits per heavy atom. The van der Waals surface area contributed by atoms with Gasteiger partial charge in [0.1, 0.15) is 5.75 Å². The van der Waals surface area contributed by atoms with Crippen molar-refractivity contribution >= 4 is 41.4 Å². The number of halogens is 1. The van der Waals surface area contributed by atoms with E-state index >= 15 is 0 Å². The zero-order valence-corrected chi connectivity index (χ0v) is 19.2. The zero-order valence-electron chi connectivity index (χ0n) is 18.5. The summed E-state index contributed by atoms with van der Waals surface area (Å²) in [5.74, 6) is 1.20. The monoisotopic (exact) mass is 465 g/mol. The van der Waals surface area contributed by atoms with Crippen molar-refractivity contribution in [2.75, 3.05) is 26.6 Å². The van der Waals surface area contributed by atoms with E-state index in [0.717, 1.165) is 16.7 Å². The summed E-state index contributed by atoms with van der Waals surface area (Å²) in [5, 5.41) is 13.5. The van der Waals surface area contributed by atoms with Crippen molar-refractivity contribution in [3.63, 3.8) is 0 Å². The number of ether oxygens (including phenoxy) is 3. The Bertz CT molecular complexity index is 1160. The molecule has 0 fully saturated rings. The summed E-state index contributed by atoms with van der Waals surface area (Å²) in [7, 11) is 4.66. The summed E-state index contributed by atoms with van der Waals surface area (Å²) in [6.45, 7) is 0. The van der Waals surface area contributed by atoms with E-state index in [-0.39, 0.29) is 11.7 Å². The third-order valence-corrected chi connectivity index (χ3v) is 4.98. The maximum Gasteiger partial charge on any atom is 0.248 e. The van der Waals surface area contributed by atoms with Gasteiger partial charge < -0.3 is 24.6 Å². The molecule has 6 nitrogen and oxygen atoms in total. The minimum atomic E-state index is -0.369. The molecule has 1 amide bonds. The van der Waals surface area contributed by atoms with Crippen LogP contribution in [0.25, 0.3) is 18.2 Å². The number of benzene rings is 3. The number of anilines is 1. The van der Waals surface area contributed by atoms with E-state index in [9.17, 15) is 9.90 Å². The summed E-state index contributed by atoms with van der Waals surface area (Å²) in [6.07, 6.45) is 6.76. The molecule has 0 radical (unpaired) electrons. The maximum atomic E-state index is 12.3. The Balaban J connectivity index is 1.76. The Morgan fingerprint density at radius 3 is 2.03 bits per heavy atom. The molecule has 0 aliphatic rings. The molecular weight excluding hydrogens is 442 g/mol. The van der Waals surface area contributed by atoms with Crippen LogP contribution in [0.3, 0.4) is 0 Å². The van der Waals surface area contributed by atoms with Crippen molar-refractivity contribution in [1.82, 2.24) is 0 Å². The summed E-state index contributed by atoms with van der Waals surface area (Å²) >= 11 is 5.87. The van der Waals surface area contributed by atoms with E-state index in [1.165, 1.54) is 12.1 Å².